The zero-order chi connectivity index (χ0) is 20.1. The number of aromatic nitrogens is 2. The molecule has 2 aromatic heterocycles. The van der Waals surface area contributed by atoms with Gasteiger partial charge < -0.3 is 19.1 Å². The summed E-state index contributed by atoms with van der Waals surface area (Å²) in [5, 5.41) is 0. The van der Waals surface area contributed by atoms with Gasteiger partial charge in [0.05, 0.1) is 6.26 Å². The molecule has 28 heavy (non-hydrogen) atoms. The Balaban J connectivity index is 1.67. The molecule has 3 rings (SSSR count). The van der Waals surface area contributed by atoms with E-state index in [4.69, 9.17) is 4.42 Å². The van der Waals surface area contributed by atoms with Crippen molar-refractivity contribution in [2.45, 2.75) is 26.7 Å². The molecule has 8 nitrogen and oxygen atoms in total. The molecule has 0 bridgehead atoms. The molecule has 1 fully saturated rings. The molecule has 0 saturated carbocycles. The van der Waals surface area contributed by atoms with Crippen LogP contribution >= 0.6 is 0 Å². The summed E-state index contributed by atoms with van der Waals surface area (Å²) in [5.74, 6) is 0.690. The molecule has 0 aromatic carbocycles. The maximum atomic E-state index is 12.7. The number of piperazine rings is 1. The summed E-state index contributed by atoms with van der Waals surface area (Å²) in [5.41, 5.74) is 1.17. The van der Waals surface area contributed by atoms with Crippen molar-refractivity contribution in [3.05, 3.63) is 41.6 Å². The van der Waals surface area contributed by atoms with Crippen molar-refractivity contribution in [1.29, 1.82) is 0 Å². The number of hydrogen-bond acceptors (Lipinski definition) is 6. The molecular weight excluding hydrogens is 358 g/mol. The molecule has 3 heterocycles. The van der Waals surface area contributed by atoms with Crippen LogP contribution in [0.25, 0.3) is 0 Å². The van der Waals surface area contributed by atoms with E-state index in [2.05, 4.69) is 16.9 Å². The average molecular weight is 385 g/mol. The summed E-state index contributed by atoms with van der Waals surface area (Å²) in [4.78, 5) is 39.5. The molecule has 0 unspecified atom stereocenters. The lowest BCUT2D eigenvalue weighted by Crippen LogP contribution is -2.49. The highest BCUT2D eigenvalue weighted by Crippen LogP contribution is 2.16. The van der Waals surface area contributed by atoms with Crippen molar-refractivity contribution in [1.82, 2.24) is 19.8 Å². The molecule has 2 amide bonds. The van der Waals surface area contributed by atoms with Crippen molar-refractivity contribution < 1.29 is 14.0 Å². The second kappa shape index (κ2) is 8.86. The number of aryl methyl sites for hydroxylation is 1. The number of hydrogen-bond donors (Lipinski definition) is 0. The van der Waals surface area contributed by atoms with Crippen LogP contribution in [0.4, 0.5) is 5.95 Å². The Morgan fingerprint density at radius 1 is 1.21 bits per heavy atom. The van der Waals surface area contributed by atoms with Crippen LogP contribution in [0.1, 0.15) is 46.5 Å². The van der Waals surface area contributed by atoms with E-state index >= 15 is 0 Å². The Kier molecular flexibility index (Phi) is 6.28. The highest BCUT2D eigenvalue weighted by Gasteiger charge is 2.26. The Morgan fingerprint density at radius 2 is 1.96 bits per heavy atom. The number of furan rings is 1. The maximum Gasteiger partial charge on any atom is 0.289 e. The van der Waals surface area contributed by atoms with Crippen LogP contribution in [0.15, 0.2) is 28.9 Å². The lowest BCUT2D eigenvalue weighted by atomic mass is 10.2. The van der Waals surface area contributed by atoms with Gasteiger partial charge in [-0.25, -0.2) is 9.97 Å². The van der Waals surface area contributed by atoms with Crippen molar-refractivity contribution in [3.8, 4) is 0 Å². The standard InChI is InChI=1S/C20H27N5O3/c1-4-5-8-23(3)18(26)16-14-15(2)21-20(22-16)25-11-9-24(10-12-25)19(27)17-7-6-13-28-17/h6-7,13-14H,4-5,8-12H2,1-3H3. The molecule has 0 atom stereocenters. The number of unbranched alkanes of at least 4 members (excludes halogenated alkanes) is 1. The fourth-order valence-corrected chi connectivity index (χ4v) is 3.16. The van der Waals surface area contributed by atoms with E-state index in [1.165, 1.54) is 6.26 Å². The normalized spacial score (nSPS) is 14.2. The number of amides is 2. The van der Waals surface area contributed by atoms with E-state index in [1.54, 1.807) is 35.0 Å². The number of carbonyl (C=O) groups excluding carboxylic acids is 2. The van der Waals surface area contributed by atoms with E-state index < -0.39 is 0 Å². The van der Waals surface area contributed by atoms with Crippen molar-refractivity contribution in [3.63, 3.8) is 0 Å². The summed E-state index contributed by atoms with van der Waals surface area (Å²) in [6.07, 6.45) is 3.50. The highest BCUT2D eigenvalue weighted by molar-refractivity contribution is 5.92. The number of anilines is 1. The van der Waals surface area contributed by atoms with Gasteiger partial charge in [-0.3, -0.25) is 9.59 Å². The van der Waals surface area contributed by atoms with Gasteiger partial charge in [0, 0.05) is 45.5 Å². The molecule has 150 valence electrons. The fraction of sp³-hybridized carbons (Fsp3) is 0.500. The third kappa shape index (κ3) is 4.49. The van der Waals surface area contributed by atoms with Crippen LogP contribution in [0.3, 0.4) is 0 Å². The average Bonchev–Trinajstić information content (AvgIpc) is 3.25. The first-order valence-electron chi connectivity index (χ1n) is 9.68. The van der Waals surface area contributed by atoms with Crippen LogP contribution in [0.5, 0.6) is 0 Å². The van der Waals surface area contributed by atoms with Gasteiger partial charge in [0.15, 0.2) is 5.76 Å². The topological polar surface area (TPSA) is 82.8 Å². The summed E-state index contributed by atoms with van der Waals surface area (Å²) >= 11 is 0. The Bertz CT molecular complexity index is 813. The van der Waals surface area contributed by atoms with Crippen molar-refractivity contribution >= 4 is 17.8 Å². The first kappa shape index (κ1) is 19.9. The minimum Gasteiger partial charge on any atom is -0.459 e. The fourth-order valence-electron chi connectivity index (χ4n) is 3.16. The molecule has 1 saturated heterocycles. The third-order valence-electron chi connectivity index (χ3n) is 4.84. The van der Waals surface area contributed by atoms with Gasteiger partial charge >= 0.3 is 0 Å². The summed E-state index contributed by atoms with van der Waals surface area (Å²) < 4.78 is 5.20. The van der Waals surface area contributed by atoms with Gasteiger partial charge in [0.1, 0.15) is 5.69 Å². The van der Waals surface area contributed by atoms with Crippen molar-refractivity contribution in [2.24, 2.45) is 0 Å². The van der Waals surface area contributed by atoms with Crippen LogP contribution in [-0.2, 0) is 0 Å². The summed E-state index contributed by atoms with van der Waals surface area (Å²) in [7, 11) is 1.80. The van der Waals surface area contributed by atoms with Gasteiger partial charge in [-0.15, -0.1) is 0 Å². The van der Waals surface area contributed by atoms with Gasteiger partial charge in [-0.2, -0.15) is 0 Å². The monoisotopic (exact) mass is 385 g/mol. The minimum atomic E-state index is -0.108. The lowest BCUT2D eigenvalue weighted by molar-refractivity contribution is 0.0714. The van der Waals surface area contributed by atoms with Crippen molar-refractivity contribution in [2.75, 3.05) is 44.7 Å². The molecule has 1 aliphatic rings. The SMILES string of the molecule is CCCCN(C)C(=O)c1cc(C)nc(N2CCN(C(=O)c3ccco3)CC2)n1. The van der Waals surface area contributed by atoms with Gasteiger partial charge in [-0.1, -0.05) is 13.3 Å². The van der Waals surface area contributed by atoms with E-state index in [0.717, 1.165) is 18.5 Å². The zero-order valence-electron chi connectivity index (χ0n) is 16.7. The van der Waals surface area contributed by atoms with Crippen LogP contribution in [0, 0.1) is 6.92 Å². The minimum absolute atomic E-state index is 0.0909. The summed E-state index contributed by atoms with van der Waals surface area (Å²) in [6, 6.07) is 5.11. The first-order valence-corrected chi connectivity index (χ1v) is 9.68. The number of carbonyl (C=O) groups is 2. The summed E-state index contributed by atoms with van der Waals surface area (Å²) in [6.45, 7) is 6.99. The number of rotatable bonds is 6. The van der Waals surface area contributed by atoms with E-state index in [9.17, 15) is 9.59 Å². The molecular formula is C20H27N5O3. The highest BCUT2D eigenvalue weighted by atomic mass is 16.3. The van der Waals surface area contributed by atoms with Gasteiger partial charge in [0.2, 0.25) is 5.95 Å². The Labute approximate surface area is 165 Å². The molecule has 2 aromatic rings. The molecule has 8 heteroatoms. The third-order valence-corrected chi connectivity index (χ3v) is 4.84. The second-order valence-electron chi connectivity index (χ2n) is 7.03. The lowest BCUT2D eigenvalue weighted by Gasteiger charge is -2.34. The number of nitrogens with zero attached hydrogens (tertiary/aromatic N) is 5. The smallest absolute Gasteiger partial charge is 0.289 e. The zero-order valence-corrected chi connectivity index (χ0v) is 16.7. The molecule has 0 spiro atoms. The first-order chi connectivity index (χ1) is 13.5. The van der Waals surface area contributed by atoms with Gasteiger partial charge in [0.25, 0.3) is 11.8 Å². The quantitative estimate of drug-likeness (QED) is 0.758. The van der Waals surface area contributed by atoms with Crippen LogP contribution < -0.4 is 4.90 Å². The Morgan fingerprint density at radius 3 is 2.61 bits per heavy atom. The molecule has 0 N–H and O–H groups in total. The molecule has 0 aliphatic carbocycles. The van der Waals surface area contributed by atoms with Crippen LogP contribution in [-0.4, -0.2) is 71.4 Å². The van der Waals surface area contributed by atoms with Gasteiger partial charge in [-0.05, 0) is 31.5 Å². The predicted molar refractivity (Wildman–Crippen MR) is 105 cm³/mol. The predicted octanol–water partition coefficient (Wildman–Crippen LogP) is 2.21. The maximum absolute atomic E-state index is 12.7. The Hall–Kier alpha value is -2.90. The largest absolute Gasteiger partial charge is 0.459 e. The van der Waals surface area contributed by atoms with Crippen LogP contribution in [0.2, 0.25) is 0 Å². The van der Waals surface area contributed by atoms with E-state index in [1.807, 2.05) is 11.8 Å². The molecule has 1 aliphatic heterocycles. The van der Waals surface area contributed by atoms with E-state index in [0.29, 0.717) is 50.1 Å². The van der Waals surface area contributed by atoms with E-state index in [-0.39, 0.29) is 11.8 Å². The molecule has 0 radical (unpaired) electrons. The second-order valence-corrected chi connectivity index (χ2v) is 7.03.